The van der Waals surface area contributed by atoms with Gasteiger partial charge >= 0.3 is 0 Å². The molecular weight excluding hydrogens is 308 g/mol. The summed E-state index contributed by atoms with van der Waals surface area (Å²) in [4.78, 5) is 0. The van der Waals surface area contributed by atoms with Crippen LogP contribution in [0.3, 0.4) is 0 Å². The van der Waals surface area contributed by atoms with Crippen LogP contribution < -0.4 is 10.6 Å². The van der Waals surface area contributed by atoms with Gasteiger partial charge in [0.2, 0.25) is 0 Å². The van der Waals surface area contributed by atoms with E-state index in [9.17, 15) is 0 Å². The van der Waals surface area contributed by atoms with E-state index in [1.807, 2.05) is 29.6 Å². The Hall–Kier alpha value is -1.000. The molecule has 0 heterocycles. The summed E-state index contributed by atoms with van der Waals surface area (Å²) in [6, 6.07) is 8.25. The van der Waals surface area contributed by atoms with Crippen molar-refractivity contribution < 1.29 is 0 Å². The van der Waals surface area contributed by atoms with Crippen LogP contribution in [0.15, 0.2) is 48.8 Å². The highest BCUT2D eigenvalue weighted by atomic mass is 32.2. The number of benzene rings is 1. The van der Waals surface area contributed by atoms with Crippen LogP contribution in [0.5, 0.6) is 0 Å². The Morgan fingerprint density at radius 1 is 0.909 bits per heavy atom. The average molecular weight is 337 g/mol. The zero-order valence-electron chi connectivity index (χ0n) is 14.1. The van der Waals surface area contributed by atoms with E-state index in [1.54, 1.807) is 0 Å². The number of hydrogen-bond donors (Lipinski definition) is 2. The lowest BCUT2D eigenvalue weighted by Gasteiger charge is -2.14. The number of rotatable bonds is 10. The van der Waals surface area contributed by atoms with Crippen LogP contribution in [0.1, 0.15) is 27.7 Å². The Morgan fingerprint density at radius 2 is 1.32 bits per heavy atom. The van der Waals surface area contributed by atoms with Gasteiger partial charge in [-0.05, 0) is 28.7 Å². The quantitative estimate of drug-likeness (QED) is 0.562. The topological polar surface area (TPSA) is 24.1 Å². The van der Waals surface area contributed by atoms with Gasteiger partial charge in [-0.1, -0.05) is 46.9 Å². The first-order chi connectivity index (χ1) is 10.4. The van der Waals surface area contributed by atoms with Crippen molar-refractivity contribution in [1.29, 1.82) is 0 Å². The summed E-state index contributed by atoms with van der Waals surface area (Å²) in [7, 11) is 0. The van der Waals surface area contributed by atoms with Gasteiger partial charge in [-0.25, -0.2) is 0 Å². The predicted octanol–water partition coefficient (Wildman–Crippen LogP) is 5.82. The number of hydrogen-bond acceptors (Lipinski definition) is 4. The van der Waals surface area contributed by atoms with E-state index in [0.29, 0.717) is 10.5 Å². The van der Waals surface area contributed by atoms with E-state index in [0.717, 1.165) is 34.3 Å². The Kier molecular flexibility index (Phi) is 8.57. The van der Waals surface area contributed by atoms with Gasteiger partial charge in [0.05, 0.1) is 0 Å². The summed E-state index contributed by atoms with van der Waals surface area (Å²) in [6.45, 7) is 17.0. The summed E-state index contributed by atoms with van der Waals surface area (Å²) < 4.78 is 0. The Bertz CT molecular complexity index is 454. The molecule has 0 atom stereocenters. The van der Waals surface area contributed by atoms with Crippen molar-refractivity contribution in [2.45, 2.75) is 38.2 Å². The van der Waals surface area contributed by atoms with Gasteiger partial charge < -0.3 is 10.6 Å². The van der Waals surface area contributed by atoms with Crippen LogP contribution in [0.4, 0.5) is 11.4 Å². The molecule has 0 fully saturated rings. The summed E-state index contributed by atoms with van der Waals surface area (Å²) in [5.41, 5.74) is 4.18. The molecule has 0 saturated carbocycles. The van der Waals surface area contributed by atoms with Gasteiger partial charge in [-0.15, -0.1) is 0 Å². The minimum Gasteiger partial charge on any atom is -0.359 e. The average Bonchev–Trinajstić information content (AvgIpc) is 2.43. The van der Waals surface area contributed by atoms with Crippen molar-refractivity contribution in [2.75, 3.05) is 22.1 Å². The monoisotopic (exact) mass is 336 g/mol. The number of nitrogens with one attached hydrogen (secondary N) is 2. The molecule has 122 valence electrons. The molecule has 0 aromatic heterocycles. The Morgan fingerprint density at radius 3 is 1.68 bits per heavy atom. The van der Waals surface area contributed by atoms with E-state index in [2.05, 4.69) is 69.7 Å². The van der Waals surface area contributed by atoms with Gasteiger partial charge in [0.15, 0.2) is 0 Å². The highest BCUT2D eigenvalue weighted by Gasteiger charge is 2.02. The lowest BCUT2D eigenvalue weighted by molar-refractivity contribution is 1.11. The van der Waals surface area contributed by atoms with Gasteiger partial charge in [-0.3, -0.25) is 0 Å². The zero-order valence-corrected chi connectivity index (χ0v) is 15.7. The molecule has 0 radical (unpaired) electrons. The minimum atomic E-state index is 0.619. The summed E-state index contributed by atoms with van der Waals surface area (Å²) in [5, 5.41) is 7.98. The van der Waals surface area contributed by atoms with E-state index in [-0.39, 0.29) is 0 Å². The van der Waals surface area contributed by atoms with Crippen LogP contribution >= 0.6 is 23.5 Å². The fraction of sp³-hybridized carbons (Fsp3) is 0.444. The molecule has 0 aliphatic heterocycles. The van der Waals surface area contributed by atoms with Crippen molar-refractivity contribution in [3.8, 4) is 0 Å². The summed E-state index contributed by atoms with van der Waals surface area (Å²) in [6.07, 6.45) is 0. The lowest BCUT2D eigenvalue weighted by atomic mass is 10.2. The second kappa shape index (κ2) is 9.90. The predicted molar refractivity (Wildman–Crippen MR) is 107 cm³/mol. The van der Waals surface area contributed by atoms with Gasteiger partial charge in [-0.2, -0.15) is 23.5 Å². The molecule has 0 spiro atoms. The van der Waals surface area contributed by atoms with Crippen molar-refractivity contribution >= 4 is 34.9 Å². The third-order valence-electron chi connectivity index (χ3n) is 2.69. The SMILES string of the molecule is C=C(CSC(C)C)Nc1cccc(NC(=C)CSC(C)C)c1. The normalized spacial score (nSPS) is 10.8. The maximum absolute atomic E-state index is 4.09. The molecule has 22 heavy (non-hydrogen) atoms. The van der Waals surface area contributed by atoms with Gasteiger partial charge in [0.1, 0.15) is 0 Å². The third-order valence-corrected chi connectivity index (χ3v) is 5.05. The summed E-state index contributed by atoms with van der Waals surface area (Å²) >= 11 is 3.78. The molecule has 1 aromatic carbocycles. The van der Waals surface area contributed by atoms with Crippen molar-refractivity contribution in [1.82, 2.24) is 0 Å². The van der Waals surface area contributed by atoms with Crippen LogP contribution in [-0.2, 0) is 0 Å². The van der Waals surface area contributed by atoms with Crippen molar-refractivity contribution in [3.05, 3.63) is 48.8 Å². The summed E-state index contributed by atoms with van der Waals surface area (Å²) in [5.74, 6) is 1.85. The highest BCUT2D eigenvalue weighted by molar-refractivity contribution is 8.00. The molecule has 1 rings (SSSR count). The Balaban J connectivity index is 2.51. The number of thioether (sulfide) groups is 2. The molecule has 0 aliphatic rings. The van der Waals surface area contributed by atoms with Gasteiger partial charge in [0.25, 0.3) is 0 Å². The van der Waals surface area contributed by atoms with Crippen molar-refractivity contribution in [3.63, 3.8) is 0 Å². The minimum absolute atomic E-state index is 0.619. The van der Waals surface area contributed by atoms with Crippen LogP contribution in [0, 0.1) is 0 Å². The highest BCUT2D eigenvalue weighted by Crippen LogP contribution is 2.21. The molecule has 1 aromatic rings. The van der Waals surface area contributed by atoms with Gasteiger partial charge in [0, 0.05) is 34.3 Å². The molecule has 0 saturated heterocycles. The molecule has 0 bridgehead atoms. The van der Waals surface area contributed by atoms with E-state index in [4.69, 9.17) is 0 Å². The van der Waals surface area contributed by atoms with Crippen LogP contribution in [0.25, 0.3) is 0 Å². The van der Waals surface area contributed by atoms with E-state index >= 15 is 0 Å². The molecule has 2 N–H and O–H groups in total. The fourth-order valence-corrected chi connectivity index (χ4v) is 2.90. The molecular formula is C18H28N2S2. The lowest BCUT2D eigenvalue weighted by Crippen LogP contribution is -2.05. The van der Waals surface area contributed by atoms with Crippen LogP contribution in [-0.4, -0.2) is 22.0 Å². The molecule has 0 amide bonds. The maximum atomic E-state index is 4.09. The largest absolute Gasteiger partial charge is 0.359 e. The maximum Gasteiger partial charge on any atom is 0.0402 e. The third kappa shape index (κ3) is 8.44. The van der Waals surface area contributed by atoms with Crippen LogP contribution in [0.2, 0.25) is 0 Å². The molecule has 0 aliphatic carbocycles. The molecule has 2 nitrogen and oxygen atoms in total. The standard InChI is InChI=1S/C18H28N2S2/c1-13(2)21-11-15(5)19-17-8-7-9-18(10-17)20-16(6)12-22-14(3)4/h7-10,13-14,19-20H,5-6,11-12H2,1-4H3. The first kappa shape index (κ1) is 19.0. The smallest absolute Gasteiger partial charge is 0.0402 e. The Labute approximate surface area is 144 Å². The first-order valence-electron chi connectivity index (χ1n) is 7.59. The zero-order chi connectivity index (χ0) is 16.5. The fourth-order valence-electron chi connectivity index (χ4n) is 1.69. The number of anilines is 2. The molecule has 4 heteroatoms. The van der Waals surface area contributed by atoms with Crippen molar-refractivity contribution in [2.24, 2.45) is 0 Å². The molecule has 0 unspecified atom stereocenters. The second-order valence-electron chi connectivity index (χ2n) is 5.76. The first-order valence-corrected chi connectivity index (χ1v) is 9.69. The van der Waals surface area contributed by atoms with E-state index in [1.165, 1.54) is 0 Å². The van der Waals surface area contributed by atoms with E-state index < -0.39 is 0 Å². The second-order valence-corrected chi connectivity index (χ2v) is 8.89.